The Bertz CT molecular complexity index is 342. The van der Waals surface area contributed by atoms with E-state index in [-0.39, 0.29) is 5.91 Å². The first kappa shape index (κ1) is 9.52. The van der Waals surface area contributed by atoms with Crippen LogP contribution in [0.5, 0.6) is 0 Å². The number of hydrogen-bond acceptors (Lipinski definition) is 1. The molecule has 2 nitrogen and oxygen atoms in total. The monoisotopic (exact) mass is 175 g/mol. The maximum Gasteiger partial charge on any atom is 0.251 e. The summed E-state index contributed by atoms with van der Waals surface area (Å²) in [6.45, 7) is 5.62. The highest BCUT2D eigenvalue weighted by Gasteiger charge is 2.03. The summed E-state index contributed by atoms with van der Waals surface area (Å²) in [6, 6.07) is 5.66. The van der Waals surface area contributed by atoms with E-state index in [1.54, 1.807) is 13.1 Å². The average Bonchev–Trinajstić information content (AvgIpc) is 2.15. The zero-order valence-electron chi connectivity index (χ0n) is 7.92. The Morgan fingerprint density at radius 1 is 1.46 bits per heavy atom. The summed E-state index contributed by atoms with van der Waals surface area (Å²) in [5.74, 6) is -0.0631. The van der Waals surface area contributed by atoms with Gasteiger partial charge in [-0.2, -0.15) is 0 Å². The van der Waals surface area contributed by atoms with Crippen LogP contribution in [-0.4, -0.2) is 13.0 Å². The third-order valence-electron chi connectivity index (χ3n) is 1.82. The fourth-order valence-electron chi connectivity index (χ4n) is 1.21. The summed E-state index contributed by atoms with van der Waals surface area (Å²) in [4.78, 5) is 11.3. The van der Waals surface area contributed by atoms with Gasteiger partial charge in [-0.15, -0.1) is 0 Å². The van der Waals surface area contributed by atoms with Gasteiger partial charge in [0.1, 0.15) is 0 Å². The van der Waals surface area contributed by atoms with Crippen LogP contribution in [0.25, 0.3) is 6.08 Å². The van der Waals surface area contributed by atoms with Gasteiger partial charge in [-0.3, -0.25) is 4.79 Å². The van der Waals surface area contributed by atoms with Crippen molar-refractivity contribution in [2.45, 2.75) is 6.92 Å². The van der Waals surface area contributed by atoms with E-state index in [2.05, 4.69) is 11.9 Å². The molecule has 1 amide bonds. The maximum absolute atomic E-state index is 11.3. The molecule has 0 radical (unpaired) electrons. The molecule has 0 aliphatic heterocycles. The predicted molar refractivity (Wildman–Crippen MR) is 54.7 cm³/mol. The lowest BCUT2D eigenvalue weighted by Crippen LogP contribution is -2.17. The first-order valence-corrected chi connectivity index (χ1v) is 4.13. The molecular formula is C11H13NO. The highest BCUT2D eigenvalue weighted by molar-refractivity contribution is 5.94. The topological polar surface area (TPSA) is 29.1 Å². The quantitative estimate of drug-likeness (QED) is 0.731. The van der Waals surface area contributed by atoms with Crippen LogP contribution in [0.15, 0.2) is 24.8 Å². The van der Waals surface area contributed by atoms with E-state index in [4.69, 9.17) is 0 Å². The normalized spacial score (nSPS) is 9.38. The van der Waals surface area contributed by atoms with Crippen molar-refractivity contribution < 1.29 is 4.79 Å². The van der Waals surface area contributed by atoms with Crippen molar-refractivity contribution in [2.24, 2.45) is 0 Å². The Labute approximate surface area is 78.3 Å². The molecule has 68 valence electrons. The smallest absolute Gasteiger partial charge is 0.251 e. The largest absolute Gasteiger partial charge is 0.355 e. The van der Waals surface area contributed by atoms with Crippen LogP contribution in [0.1, 0.15) is 21.5 Å². The van der Waals surface area contributed by atoms with Crippen molar-refractivity contribution in [3.63, 3.8) is 0 Å². The van der Waals surface area contributed by atoms with Gasteiger partial charge in [0.25, 0.3) is 5.91 Å². The van der Waals surface area contributed by atoms with Crippen molar-refractivity contribution in [1.82, 2.24) is 5.32 Å². The fraction of sp³-hybridized carbons (Fsp3) is 0.182. The Morgan fingerprint density at radius 2 is 2.15 bits per heavy atom. The fourth-order valence-corrected chi connectivity index (χ4v) is 1.21. The van der Waals surface area contributed by atoms with Crippen LogP contribution in [0, 0.1) is 6.92 Å². The van der Waals surface area contributed by atoms with E-state index in [0.717, 1.165) is 11.1 Å². The molecule has 0 aromatic heterocycles. The van der Waals surface area contributed by atoms with Crippen LogP contribution < -0.4 is 5.32 Å². The third-order valence-corrected chi connectivity index (χ3v) is 1.82. The first-order valence-electron chi connectivity index (χ1n) is 4.13. The summed E-state index contributed by atoms with van der Waals surface area (Å²) in [7, 11) is 1.62. The van der Waals surface area contributed by atoms with Gasteiger partial charge in [0.05, 0.1) is 0 Å². The van der Waals surface area contributed by atoms with Gasteiger partial charge in [-0.25, -0.2) is 0 Å². The molecule has 2 heteroatoms. The molecule has 0 unspecified atom stereocenters. The van der Waals surface area contributed by atoms with Crippen molar-refractivity contribution in [3.8, 4) is 0 Å². The Morgan fingerprint density at radius 3 is 2.69 bits per heavy atom. The van der Waals surface area contributed by atoms with Crippen molar-refractivity contribution in [1.29, 1.82) is 0 Å². The van der Waals surface area contributed by atoms with E-state index < -0.39 is 0 Å². The molecular weight excluding hydrogens is 162 g/mol. The predicted octanol–water partition coefficient (Wildman–Crippen LogP) is 2.00. The number of aryl methyl sites for hydroxylation is 1. The molecule has 1 rings (SSSR count). The first-order chi connectivity index (χ1) is 6.17. The third kappa shape index (κ3) is 2.18. The number of carbonyl (C=O) groups is 1. The highest BCUT2D eigenvalue weighted by Crippen LogP contribution is 2.10. The molecule has 0 fully saturated rings. The zero-order chi connectivity index (χ0) is 9.84. The van der Waals surface area contributed by atoms with E-state index in [1.807, 2.05) is 25.1 Å². The number of hydrogen-bond donors (Lipinski definition) is 1. The second-order valence-corrected chi connectivity index (χ2v) is 2.92. The van der Waals surface area contributed by atoms with E-state index in [0.29, 0.717) is 5.56 Å². The molecule has 0 atom stereocenters. The average molecular weight is 175 g/mol. The van der Waals surface area contributed by atoms with E-state index >= 15 is 0 Å². The molecule has 0 saturated carbocycles. The van der Waals surface area contributed by atoms with Crippen LogP contribution in [0.4, 0.5) is 0 Å². The molecule has 0 aliphatic carbocycles. The van der Waals surface area contributed by atoms with Crippen molar-refractivity contribution >= 4 is 12.0 Å². The van der Waals surface area contributed by atoms with Crippen molar-refractivity contribution in [2.75, 3.05) is 7.05 Å². The Balaban J connectivity index is 3.15. The van der Waals surface area contributed by atoms with Gasteiger partial charge < -0.3 is 5.32 Å². The molecule has 1 N–H and O–H groups in total. The summed E-state index contributed by atoms with van der Waals surface area (Å²) >= 11 is 0. The second-order valence-electron chi connectivity index (χ2n) is 2.92. The van der Waals surface area contributed by atoms with Crippen LogP contribution in [0.3, 0.4) is 0 Å². The number of carbonyl (C=O) groups excluding carboxylic acids is 1. The molecule has 0 bridgehead atoms. The summed E-state index contributed by atoms with van der Waals surface area (Å²) < 4.78 is 0. The summed E-state index contributed by atoms with van der Waals surface area (Å²) in [6.07, 6.45) is 1.74. The lowest BCUT2D eigenvalue weighted by molar-refractivity contribution is 0.0963. The zero-order valence-corrected chi connectivity index (χ0v) is 7.92. The van der Waals surface area contributed by atoms with Crippen LogP contribution >= 0.6 is 0 Å². The minimum Gasteiger partial charge on any atom is -0.355 e. The standard InChI is InChI=1S/C11H13NO/c1-4-9-5-8(2)6-10(7-9)11(13)12-3/h4-7H,1H2,2-3H3,(H,12,13). The summed E-state index contributed by atoms with van der Waals surface area (Å²) in [5, 5.41) is 2.59. The van der Waals surface area contributed by atoms with Crippen LogP contribution in [0.2, 0.25) is 0 Å². The van der Waals surface area contributed by atoms with Crippen molar-refractivity contribution in [3.05, 3.63) is 41.5 Å². The van der Waals surface area contributed by atoms with Crippen LogP contribution in [-0.2, 0) is 0 Å². The molecule has 1 aromatic rings. The van der Waals surface area contributed by atoms with Gasteiger partial charge in [0, 0.05) is 12.6 Å². The minimum atomic E-state index is -0.0631. The molecule has 0 spiro atoms. The van der Waals surface area contributed by atoms with E-state index in [1.165, 1.54) is 0 Å². The molecule has 1 aromatic carbocycles. The van der Waals surface area contributed by atoms with Gasteiger partial charge in [0.15, 0.2) is 0 Å². The number of amides is 1. The molecule has 0 aliphatic rings. The lowest BCUT2D eigenvalue weighted by Gasteiger charge is -2.03. The molecule has 0 saturated heterocycles. The highest BCUT2D eigenvalue weighted by atomic mass is 16.1. The molecule has 13 heavy (non-hydrogen) atoms. The maximum atomic E-state index is 11.3. The molecule has 0 heterocycles. The number of rotatable bonds is 2. The van der Waals surface area contributed by atoms with Gasteiger partial charge in [-0.05, 0) is 30.2 Å². The number of nitrogens with one attached hydrogen (secondary N) is 1. The SMILES string of the molecule is C=Cc1cc(C)cc(C(=O)NC)c1. The number of benzene rings is 1. The second kappa shape index (κ2) is 3.90. The summed E-state index contributed by atoms with van der Waals surface area (Å²) in [5.41, 5.74) is 2.71. The lowest BCUT2D eigenvalue weighted by atomic mass is 10.1. The van der Waals surface area contributed by atoms with Gasteiger partial charge in [-0.1, -0.05) is 18.7 Å². The Hall–Kier alpha value is -1.57. The minimum absolute atomic E-state index is 0.0631. The van der Waals surface area contributed by atoms with Gasteiger partial charge >= 0.3 is 0 Å². The van der Waals surface area contributed by atoms with Gasteiger partial charge in [0.2, 0.25) is 0 Å². The Kier molecular flexibility index (Phi) is 2.85. The van der Waals surface area contributed by atoms with E-state index in [9.17, 15) is 4.79 Å².